The van der Waals surface area contributed by atoms with Crippen LogP contribution in [0.15, 0.2) is 23.2 Å². The molecule has 4 nitrogen and oxygen atoms in total. The van der Waals surface area contributed by atoms with Crippen LogP contribution in [0.1, 0.15) is 25.3 Å². The second kappa shape index (κ2) is 9.36. The third-order valence-electron chi connectivity index (χ3n) is 3.88. The van der Waals surface area contributed by atoms with E-state index in [1.54, 1.807) is 7.05 Å². The van der Waals surface area contributed by atoms with E-state index in [1.807, 2.05) is 0 Å². The number of hydrogen-bond donors (Lipinski definition) is 2. The van der Waals surface area contributed by atoms with Crippen LogP contribution in [0.25, 0.3) is 0 Å². The molecular formula is C16H24F2IN3O. The van der Waals surface area contributed by atoms with E-state index in [1.165, 1.54) is 18.2 Å². The van der Waals surface area contributed by atoms with E-state index in [0.29, 0.717) is 19.0 Å². The van der Waals surface area contributed by atoms with Crippen molar-refractivity contribution in [3.63, 3.8) is 0 Å². The Kier molecular flexibility index (Phi) is 8.18. The minimum Gasteiger partial charge on any atom is -0.373 e. The van der Waals surface area contributed by atoms with Crippen LogP contribution in [0.3, 0.4) is 0 Å². The van der Waals surface area contributed by atoms with Crippen molar-refractivity contribution in [3.8, 4) is 0 Å². The summed E-state index contributed by atoms with van der Waals surface area (Å²) in [5.74, 6) is -0.429. The largest absolute Gasteiger partial charge is 0.373 e. The summed E-state index contributed by atoms with van der Waals surface area (Å²) in [4.78, 5) is 4.11. The summed E-state index contributed by atoms with van der Waals surface area (Å²) < 4.78 is 32.8. The molecule has 0 saturated carbocycles. The van der Waals surface area contributed by atoms with E-state index in [0.717, 1.165) is 19.4 Å². The summed E-state index contributed by atoms with van der Waals surface area (Å²) in [5, 5.41) is 6.26. The number of aliphatic imine (C=N–C) groups is 1. The highest BCUT2D eigenvalue weighted by Crippen LogP contribution is 2.23. The van der Waals surface area contributed by atoms with E-state index in [2.05, 4.69) is 22.5 Å². The molecule has 1 aliphatic heterocycles. The molecule has 1 atom stereocenters. The molecule has 1 aromatic rings. The van der Waals surface area contributed by atoms with Crippen LogP contribution in [0, 0.1) is 11.6 Å². The lowest BCUT2D eigenvalue weighted by atomic mass is 10.0. The first-order valence-electron chi connectivity index (χ1n) is 7.55. The Morgan fingerprint density at radius 3 is 2.57 bits per heavy atom. The van der Waals surface area contributed by atoms with Gasteiger partial charge in [0.15, 0.2) is 5.96 Å². The van der Waals surface area contributed by atoms with Crippen LogP contribution >= 0.6 is 24.0 Å². The van der Waals surface area contributed by atoms with Crippen molar-refractivity contribution in [1.82, 2.24) is 10.6 Å². The molecule has 0 aromatic heterocycles. The molecule has 130 valence electrons. The Morgan fingerprint density at radius 2 is 2.00 bits per heavy atom. The second-order valence-electron chi connectivity index (χ2n) is 5.70. The van der Waals surface area contributed by atoms with Gasteiger partial charge in [0, 0.05) is 32.3 Å². The lowest BCUT2D eigenvalue weighted by Crippen LogP contribution is -2.46. The molecule has 2 N–H and O–H groups in total. The molecule has 1 heterocycles. The molecule has 1 aromatic carbocycles. The Morgan fingerprint density at radius 1 is 1.30 bits per heavy atom. The number of rotatable bonds is 5. The minimum atomic E-state index is -0.517. The van der Waals surface area contributed by atoms with Gasteiger partial charge in [-0.1, -0.05) is 6.07 Å². The summed E-state index contributed by atoms with van der Waals surface area (Å²) in [6.45, 7) is 3.90. The predicted octanol–water partition coefficient (Wildman–Crippen LogP) is 2.86. The lowest BCUT2D eigenvalue weighted by Gasteiger charge is -2.24. The molecule has 2 rings (SSSR count). The molecule has 1 fully saturated rings. The van der Waals surface area contributed by atoms with Crippen LogP contribution in [0.2, 0.25) is 0 Å². The van der Waals surface area contributed by atoms with Crippen molar-refractivity contribution in [1.29, 1.82) is 0 Å². The van der Waals surface area contributed by atoms with Gasteiger partial charge in [-0.15, -0.1) is 24.0 Å². The molecule has 1 unspecified atom stereocenters. The Labute approximate surface area is 153 Å². The van der Waals surface area contributed by atoms with Gasteiger partial charge in [-0.3, -0.25) is 4.99 Å². The molecule has 0 spiro atoms. The zero-order valence-corrected chi connectivity index (χ0v) is 15.8. The fourth-order valence-electron chi connectivity index (χ4n) is 2.54. The number of nitrogens with zero attached hydrogens (tertiary/aromatic N) is 1. The van der Waals surface area contributed by atoms with Gasteiger partial charge in [-0.05, 0) is 38.3 Å². The van der Waals surface area contributed by atoms with E-state index in [-0.39, 0.29) is 41.6 Å². The average molecular weight is 439 g/mol. The Balaban J connectivity index is 0.00000264. The second-order valence-corrected chi connectivity index (χ2v) is 5.70. The average Bonchev–Trinajstić information content (AvgIpc) is 2.92. The van der Waals surface area contributed by atoms with Crippen molar-refractivity contribution >= 4 is 29.9 Å². The molecular weight excluding hydrogens is 415 g/mol. The van der Waals surface area contributed by atoms with Gasteiger partial charge in [-0.2, -0.15) is 0 Å². The third-order valence-corrected chi connectivity index (χ3v) is 3.88. The van der Waals surface area contributed by atoms with Crippen LogP contribution in [0.4, 0.5) is 8.78 Å². The van der Waals surface area contributed by atoms with Gasteiger partial charge >= 0.3 is 0 Å². The summed E-state index contributed by atoms with van der Waals surface area (Å²) in [7, 11) is 1.66. The molecule has 0 radical (unpaired) electrons. The van der Waals surface area contributed by atoms with Gasteiger partial charge in [0.2, 0.25) is 0 Å². The smallest absolute Gasteiger partial charge is 0.191 e. The quantitative estimate of drug-likeness (QED) is 0.422. The molecule has 0 bridgehead atoms. The zero-order valence-electron chi connectivity index (χ0n) is 13.5. The Bertz CT molecular complexity index is 514. The molecule has 0 amide bonds. The van der Waals surface area contributed by atoms with Crippen LogP contribution < -0.4 is 10.6 Å². The maximum atomic E-state index is 13.5. The molecule has 23 heavy (non-hydrogen) atoms. The number of hydrogen-bond acceptors (Lipinski definition) is 2. The van der Waals surface area contributed by atoms with Crippen LogP contribution in [0.5, 0.6) is 0 Å². The number of halogens is 3. The fraction of sp³-hybridized carbons (Fsp3) is 0.562. The van der Waals surface area contributed by atoms with Gasteiger partial charge in [0.1, 0.15) is 11.6 Å². The first kappa shape index (κ1) is 20.1. The molecule has 1 aliphatic rings. The van der Waals surface area contributed by atoms with Crippen LogP contribution in [-0.2, 0) is 11.2 Å². The SMILES string of the molecule is CN=C(NCCc1c(F)cccc1F)NCC1(C)CCCO1.I. The summed E-state index contributed by atoms with van der Waals surface area (Å²) >= 11 is 0. The van der Waals surface area contributed by atoms with E-state index in [9.17, 15) is 8.78 Å². The fourth-order valence-corrected chi connectivity index (χ4v) is 2.54. The maximum absolute atomic E-state index is 13.5. The first-order valence-corrected chi connectivity index (χ1v) is 7.55. The lowest BCUT2D eigenvalue weighted by molar-refractivity contribution is 0.0243. The van der Waals surface area contributed by atoms with Gasteiger partial charge in [0.25, 0.3) is 0 Å². The van der Waals surface area contributed by atoms with Gasteiger partial charge in [-0.25, -0.2) is 8.78 Å². The normalized spacial score (nSPS) is 21.0. The van der Waals surface area contributed by atoms with Crippen molar-refractivity contribution in [3.05, 3.63) is 35.4 Å². The molecule has 0 aliphatic carbocycles. The summed E-state index contributed by atoms with van der Waals surface area (Å²) in [5.41, 5.74) is -0.0773. The highest BCUT2D eigenvalue weighted by molar-refractivity contribution is 14.0. The highest BCUT2D eigenvalue weighted by Gasteiger charge is 2.29. The zero-order chi connectivity index (χ0) is 16.0. The van der Waals surface area contributed by atoms with Crippen molar-refractivity contribution < 1.29 is 13.5 Å². The number of benzene rings is 1. The highest BCUT2D eigenvalue weighted by atomic mass is 127. The number of ether oxygens (including phenoxy) is 1. The maximum Gasteiger partial charge on any atom is 0.191 e. The van der Waals surface area contributed by atoms with Gasteiger partial charge < -0.3 is 15.4 Å². The van der Waals surface area contributed by atoms with Crippen molar-refractivity contribution in [2.45, 2.75) is 31.8 Å². The minimum absolute atomic E-state index is 0. The van der Waals surface area contributed by atoms with Crippen LogP contribution in [-0.4, -0.2) is 38.3 Å². The van der Waals surface area contributed by atoms with E-state index >= 15 is 0 Å². The van der Waals surface area contributed by atoms with Crippen molar-refractivity contribution in [2.24, 2.45) is 4.99 Å². The summed E-state index contributed by atoms with van der Waals surface area (Å²) in [6, 6.07) is 3.90. The first-order chi connectivity index (χ1) is 10.5. The molecule has 7 heteroatoms. The van der Waals surface area contributed by atoms with E-state index in [4.69, 9.17) is 4.74 Å². The topological polar surface area (TPSA) is 45.7 Å². The monoisotopic (exact) mass is 439 g/mol. The Hall–Kier alpha value is -0.960. The number of guanidine groups is 1. The van der Waals surface area contributed by atoms with Crippen molar-refractivity contribution in [2.75, 3.05) is 26.7 Å². The molecule has 1 saturated heterocycles. The van der Waals surface area contributed by atoms with Gasteiger partial charge in [0.05, 0.1) is 5.60 Å². The van der Waals surface area contributed by atoms with E-state index < -0.39 is 11.6 Å². The predicted molar refractivity (Wildman–Crippen MR) is 98.4 cm³/mol. The number of nitrogens with one attached hydrogen (secondary N) is 2. The third kappa shape index (κ3) is 5.87. The summed E-state index contributed by atoms with van der Waals surface area (Å²) in [6.07, 6.45) is 2.33. The standard InChI is InChI=1S/C16H23F2N3O.HI/c1-16(8-4-10-22-16)11-21-15(19-2)20-9-7-12-13(17)5-3-6-14(12)18;/h3,5-6H,4,7-11H2,1-2H3,(H2,19,20,21);1H.